The summed E-state index contributed by atoms with van der Waals surface area (Å²) in [5.41, 5.74) is 1.24. The molecule has 1 amide bonds. The van der Waals surface area contributed by atoms with E-state index in [-0.39, 0.29) is 25.0 Å². The number of para-hydroxylation sites is 1. The second kappa shape index (κ2) is 6.75. The zero-order valence-corrected chi connectivity index (χ0v) is 14.1. The third-order valence-corrected chi connectivity index (χ3v) is 4.04. The summed E-state index contributed by atoms with van der Waals surface area (Å²) in [7, 11) is 0. The summed E-state index contributed by atoms with van der Waals surface area (Å²) in [6.45, 7) is 4.70. The van der Waals surface area contributed by atoms with Crippen molar-refractivity contribution in [2.75, 3.05) is 19.7 Å². The number of morpholine rings is 1. The van der Waals surface area contributed by atoms with Gasteiger partial charge in [-0.1, -0.05) is 18.2 Å². The van der Waals surface area contributed by atoms with Crippen molar-refractivity contribution in [1.29, 1.82) is 0 Å². The molecule has 1 unspecified atom stereocenters. The third-order valence-electron chi connectivity index (χ3n) is 4.04. The normalized spacial score (nSPS) is 20.1. The summed E-state index contributed by atoms with van der Waals surface area (Å²) < 4.78 is 7.52. The fourth-order valence-electron chi connectivity index (χ4n) is 3.03. The average molecular weight is 329 g/mol. The largest absolute Gasteiger partial charge is 0.394 e. The zero-order chi connectivity index (χ0) is 17.2. The molecule has 2 heterocycles. The molecule has 0 saturated carbocycles. The highest BCUT2D eigenvalue weighted by atomic mass is 16.5. The molecule has 1 aromatic carbocycles. The van der Waals surface area contributed by atoms with Crippen LogP contribution in [0.15, 0.2) is 42.6 Å². The lowest BCUT2D eigenvalue weighted by Gasteiger charge is -2.42. The fraction of sp³-hybridized carbons (Fsp3) is 0.444. The van der Waals surface area contributed by atoms with Gasteiger partial charge in [0.05, 0.1) is 36.1 Å². The maximum Gasteiger partial charge on any atom is 0.228 e. The maximum atomic E-state index is 12.6. The number of aliphatic hydroxyl groups excluding tert-OH is 1. The van der Waals surface area contributed by atoms with Crippen LogP contribution in [0.3, 0.4) is 0 Å². The van der Waals surface area contributed by atoms with Gasteiger partial charge in [0.1, 0.15) is 0 Å². The third kappa shape index (κ3) is 3.83. The number of hydrogen-bond donors (Lipinski definition) is 1. The van der Waals surface area contributed by atoms with Crippen LogP contribution < -0.4 is 0 Å². The van der Waals surface area contributed by atoms with Crippen LogP contribution in [0.5, 0.6) is 0 Å². The predicted octanol–water partition coefficient (Wildman–Crippen LogP) is 1.41. The van der Waals surface area contributed by atoms with E-state index in [1.54, 1.807) is 9.58 Å². The Morgan fingerprint density at radius 2 is 2.08 bits per heavy atom. The number of rotatable bonds is 4. The SMILES string of the molecule is CC1(C)CN(C(=O)Cc2ccn(-c3ccccc3)n2)CC(CO)O1. The van der Waals surface area contributed by atoms with Crippen LogP contribution in [0.1, 0.15) is 19.5 Å². The van der Waals surface area contributed by atoms with Crippen molar-refractivity contribution in [3.8, 4) is 5.69 Å². The van der Waals surface area contributed by atoms with Crippen LogP contribution in [-0.2, 0) is 16.0 Å². The number of aliphatic hydroxyl groups is 1. The first kappa shape index (κ1) is 16.7. The summed E-state index contributed by atoms with van der Waals surface area (Å²) in [5, 5.41) is 13.8. The van der Waals surface area contributed by atoms with E-state index in [9.17, 15) is 9.90 Å². The number of amides is 1. The lowest BCUT2D eigenvalue weighted by atomic mass is 10.0. The Morgan fingerprint density at radius 3 is 2.79 bits per heavy atom. The van der Waals surface area contributed by atoms with Crippen molar-refractivity contribution in [3.63, 3.8) is 0 Å². The summed E-state index contributed by atoms with van der Waals surface area (Å²) in [6.07, 6.45) is 1.77. The molecule has 24 heavy (non-hydrogen) atoms. The zero-order valence-electron chi connectivity index (χ0n) is 14.1. The molecule has 1 aliphatic heterocycles. The molecular formula is C18H23N3O3. The minimum atomic E-state index is -0.454. The summed E-state index contributed by atoms with van der Waals surface area (Å²) in [5.74, 6) is 0.00290. The molecule has 128 valence electrons. The van der Waals surface area contributed by atoms with E-state index in [0.717, 1.165) is 11.4 Å². The second-order valence-electron chi connectivity index (χ2n) is 6.72. The van der Waals surface area contributed by atoms with Gasteiger partial charge in [-0.3, -0.25) is 4.79 Å². The molecule has 1 aliphatic rings. The van der Waals surface area contributed by atoms with E-state index in [4.69, 9.17) is 4.74 Å². The summed E-state index contributed by atoms with van der Waals surface area (Å²) in [4.78, 5) is 14.4. The number of benzene rings is 1. The smallest absolute Gasteiger partial charge is 0.228 e. The molecule has 1 atom stereocenters. The minimum Gasteiger partial charge on any atom is -0.394 e. The van der Waals surface area contributed by atoms with E-state index >= 15 is 0 Å². The molecule has 1 aromatic heterocycles. The Hall–Kier alpha value is -2.18. The van der Waals surface area contributed by atoms with Crippen molar-refractivity contribution in [3.05, 3.63) is 48.3 Å². The molecule has 6 nitrogen and oxygen atoms in total. The van der Waals surface area contributed by atoms with Gasteiger partial charge in [-0.25, -0.2) is 4.68 Å². The Morgan fingerprint density at radius 1 is 1.33 bits per heavy atom. The predicted molar refractivity (Wildman–Crippen MR) is 89.9 cm³/mol. The first-order valence-corrected chi connectivity index (χ1v) is 8.13. The minimum absolute atomic E-state index is 0.00290. The highest BCUT2D eigenvalue weighted by Gasteiger charge is 2.35. The molecule has 2 aromatic rings. The van der Waals surface area contributed by atoms with Gasteiger partial charge >= 0.3 is 0 Å². The van der Waals surface area contributed by atoms with Crippen molar-refractivity contribution in [2.24, 2.45) is 0 Å². The van der Waals surface area contributed by atoms with Crippen LogP contribution in [-0.4, -0.2) is 57.1 Å². The van der Waals surface area contributed by atoms with Crippen LogP contribution in [0.25, 0.3) is 5.69 Å². The van der Waals surface area contributed by atoms with E-state index < -0.39 is 5.60 Å². The van der Waals surface area contributed by atoms with Crippen LogP contribution in [0, 0.1) is 0 Å². The number of aromatic nitrogens is 2. The lowest BCUT2D eigenvalue weighted by Crippen LogP contribution is -2.55. The number of carbonyl (C=O) groups excluding carboxylic acids is 1. The van der Waals surface area contributed by atoms with Gasteiger partial charge in [0, 0.05) is 19.3 Å². The molecule has 0 bridgehead atoms. The Bertz CT molecular complexity index is 697. The molecular weight excluding hydrogens is 306 g/mol. The van der Waals surface area contributed by atoms with E-state index in [0.29, 0.717) is 13.1 Å². The van der Waals surface area contributed by atoms with Gasteiger partial charge in [0.25, 0.3) is 0 Å². The quantitative estimate of drug-likeness (QED) is 0.921. The molecule has 0 radical (unpaired) electrons. The van der Waals surface area contributed by atoms with Gasteiger partial charge < -0.3 is 14.7 Å². The number of nitrogens with zero attached hydrogens (tertiary/aromatic N) is 3. The van der Waals surface area contributed by atoms with Crippen LogP contribution in [0.2, 0.25) is 0 Å². The van der Waals surface area contributed by atoms with Crippen LogP contribution in [0.4, 0.5) is 0 Å². The molecule has 6 heteroatoms. The molecule has 3 rings (SSSR count). The topological polar surface area (TPSA) is 67.6 Å². The Kier molecular flexibility index (Phi) is 4.69. The molecule has 1 fully saturated rings. The molecule has 1 N–H and O–H groups in total. The monoisotopic (exact) mass is 329 g/mol. The van der Waals surface area contributed by atoms with Crippen molar-refractivity contribution < 1.29 is 14.6 Å². The highest BCUT2D eigenvalue weighted by Crippen LogP contribution is 2.21. The lowest BCUT2D eigenvalue weighted by molar-refractivity contribution is -0.166. The molecule has 0 spiro atoms. The maximum absolute atomic E-state index is 12.6. The van der Waals surface area contributed by atoms with Gasteiger partial charge in [-0.05, 0) is 32.0 Å². The van der Waals surface area contributed by atoms with Crippen molar-refractivity contribution in [1.82, 2.24) is 14.7 Å². The first-order chi connectivity index (χ1) is 11.5. The van der Waals surface area contributed by atoms with E-state index in [1.807, 2.05) is 56.4 Å². The second-order valence-corrected chi connectivity index (χ2v) is 6.72. The van der Waals surface area contributed by atoms with Crippen LogP contribution >= 0.6 is 0 Å². The molecule has 0 aliphatic carbocycles. The van der Waals surface area contributed by atoms with E-state index in [2.05, 4.69) is 5.10 Å². The first-order valence-electron chi connectivity index (χ1n) is 8.13. The van der Waals surface area contributed by atoms with Gasteiger partial charge in [0.15, 0.2) is 0 Å². The van der Waals surface area contributed by atoms with Gasteiger partial charge in [-0.15, -0.1) is 0 Å². The number of ether oxygens (including phenoxy) is 1. The Labute approximate surface area is 141 Å². The fourth-order valence-corrected chi connectivity index (χ4v) is 3.03. The van der Waals surface area contributed by atoms with E-state index in [1.165, 1.54) is 0 Å². The summed E-state index contributed by atoms with van der Waals surface area (Å²) in [6, 6.07) is 11.7. The average Bonchev–Trinajstić information content (AvgIpc) is 3.02. The number of hydrogen-bond acceptors (Lipinski definition) is 4. The van der Waals surface area contributed by atoms with Gasteiger partial charge in [0.2, 0.25) is 5.91 Å². The Balaban J connectivity index is 1.68. The standard InChI is InChI=1S/C18H23N3O3/c1-18(2)13-20(11-16(12-22)24-18)17(23)10-14-8-9-21(19-14)15-6-4-3-5-7-15/h3-9,16,22H,10-13H2,1-2H3. The highest BCUT2D eigenvalue weighted by molar-refractivity contribution is 5.78. The van der Waals surface area contributed by atoms with Crippen molar-refractivity contribution >= 4 is 5.91 Å². The van der Waals surface area contributed by atoms with Crippen molar-refractivity contribution in [2.45, 2.75) is 32.0 Å². The summed E-state index contributed by atoms with van der Waals surface area (Å²) >= 11 is 0. The van der Waals surface area contributed by atoms with Gasteiger partial charge in [-0.2, -0.15) is 5.10 Å². The number of carbonyl (C=O) groups is 1. The molecule has 1 saturated heterocycles.